The summed E-state index contributed by atoms with van der Waals surface area (Å²) < 4.78 is 12.5. The van der Waals surface area contributed by atoms with Gasteiger partial charge in [0.1, 0.15) is 6.26 Å². The van der Waals surface area contributed by atoms with Gasteiger partial charge in [-0.05, 0) is 19.9 Å². The van der Waals surface area contributed by atoms with E-state index in [1.54, 1.807) is 23.3 Å². The average Bonchev–Trinajstić information content (AvgIpc) is 3.00. The van der Waals surface area contributed by atoms with Crippen LogP contribution in [0.4, 0.5) is 0 Å². The molecule has 0 unspecified atom stereocenters. The fourth-order valence-corrected chi connectivity index (χ4v) is 1.48. The van der Waals surface area contributed by atoms with Gasteiger partial charge >= 0.3 is 6.08 Å². The molecule has 2 heterocycles. The molecular formula is C12H18N4O2. The molecule has 2 rings (SSSR count). The molecule has 18 heavy (non-hydrogen) atoms. The molecule has 0 bridgehead atoms. The van der Waals surface area contributed by atoms with Crippen LogP contribution in [0.3, 0.4) is 0 Å². The summed E-state index contributed by atoms with van der Waals surface area (Å²) in [6.45, 7) is 6.59. The fourth-order valence-electron chi connectivity index (χ4n) is 1.48. The molecular weight excluding hydrogens is 232 g/mol. The Morgan fingerprint density at radius 2 is 2.33 bits per heavy atom. The summed E-state index contributed by atoms with van der Waals surface area (Å²) in [6.07, 6.45) is 6.39. The lowest BCUT2D eigenvalue weighted by molar-refractivity contribution is 0.330. The highest BCUT2D eigenvalue weighted by molar-refractivity contribution is 5.16. The molecule has 0 atom stereocenters. The summed E-state index contributed by atoms with van der Waals surface area (Å²) in [5.41, 5.74) is 0.835. The smallest absolute Gasteiger partial charge is 0.399 e. The van der Waals surface area contributed by atoms with E-state index in [1.807, 2.05) is 6.92 Å². The third-order valence-electron chi connectivity index (χ3n) is 2.40. The third kappa shape index (κ3) is 3.33. The molecule has 2 aromatic rings. The highest BCUT2D eigenvalue weighted by Gasteiger charge is 2.07. The Labute approximate surface area is 106 Å². The third-order valence-corrected chi connectivity index (χ3v) is 2.40. The fraction of sp³-hybridized carbons (Fsp3) is 0.500. The molecule has 6 heteroatoms. The number of aryl methyl sites for hydroxylation is 1. The van der Waals surface area contributed by atoms with E-state index >= 15 is 0 Å². The first kappa shape index (κ1) is 12.6. The lowest BCUT2D eigenvalue weighted by Gasteiger charge is -1.97. The Kier molecular flexibility index (Phi) is 4.35. The van der Waals surface area contributed by atoms with Crippen molar-refractivity contribution in [3.05, 3.63) is 24.4 Å². The van der Waals surface area contributed by atoms with E-state index < -0.39 is 0 Å². The number of nitrogens with zero attached hydrogens (tertiary/aromatic N) is 3. The zero-order valence-electron chi connectivity index (χ0n) is 10.7. The standard InChI is InChI=1S/C12H18N4O2/c1-3-5-13-6-10-9-17-12(15-10)18-11-7-14-16(4-2)8-11/h7-9,13H,3-6H2,1-2H3. The molecule has 0 amide bonds. The summed E-state index contributed by atoms with van der Waals surface area (Å²) in [4.78, 5) is 4.22. The van der Waals surface area contributed by atoms with Crippen LogP contribution in [-0.2, 0) is 13.1 Å². The van der Waals surface area contributed by atoms with Crippen molar-refractivity contribution >= 4 is 0 Å². The minimum Gasteiger partial charge on any atom is -0.417 e. The van der Waals surface area contributed by atoms with E-state index in [9.17, 15) is 0 Å². The number of hydrogen-bond acceptors (Lipinski definition) is 5. The van der Waals surface area contributed by atoms with Gasteiger partial charge < -0.3 is 14.5 Å². The van der Waals surface area contributed by atoms with Crippen molar-refractivity contribution in [1.29, 1.82) is 0 Å². The predicted octanol–water partition coefficient (Wildman–Crippen LogP) is 2.18. The molecule has 0 fully saturated rings. The summed E-state index contributed by atoms with van der Waals surface area (Å²) in [5.74, 6) is 0.631. The van der Waals surface area contributed by atoms with Crippen LogP contribution in [0.15, 0.2) is 23.1 Å². The molecule has 0 aromatic carbocycles. The number of nitrogens with one attached hydrogen (secondary N) is 1. The molecule has 1 N–H and O–H groups in total. The van der Waals surface area contributed by atoms with Crippen LogP contribution >= 0.6 is 0 Å². The lowest BCUT2D eigenvalue weighted by atomic mass is 10.4. The quantitative estimate of drug-likeness (QED) is 0.763. The Balaban J connectivity index is 1.89. The van der Waals surface area contributed by atoms with E-state index in [4.69, 9.17) is 9.15 Å². The molecule has 0 saturated heterocycles. The minimum atomic E-state index is 0.249. The van der Waals surface area contributed by atoms with Crippen LogP contribution in [0.2, 0.25) is 0 Å². The van der Waals surface area contributed by atoms with Crippen LogP contribution in [0.5, 0.6) is 11.8 Å². The molecule has 2 aromatic heterocycles. The molecule has 6 nitrogen and oxygen atoms in total. The minimum absolute atomic E-state index is 0.249. The van der Waals surface area contributed by atoms with Crippen molar-refractivity contribution in [2.45, 2.75) is 33.4 Å². The molecule has 0 aliphatic carbocycles. The van der Waals surface area contributed by atoms with E-state index in [0.29, 0.717) is 12.3 Å². The second-order valence-electron chi connectivity index (χ2n) is 3.92. The highest BCUT2D eigenvalue weighted by Crippen LogP contribution is 2.19. The van der Waals surface area contributed by atoms with E-state index in [1.165, 1.54) is 0 Å². The van der Waals surface area contributed by atoms with E-state index in [-0.39, 0.29) is 6.08 Å². The van der Waals surface area contributed by atoms with Gasteiger partial charge in [0.05, 0.1) is 18.1 Å². The van der Waals surface area contributed by atoms with Crippen molar-refractivity contribution in [1.82, 2.24) is 20.1 Å². The lowest BCUT2D eigenvalue weighted by Crippen LogP contribution is -2.13. The normalized spacial score (nSPS) is 10.8. The molecule has 98 valence electrons. The summed E-state index contributed by atoms with van der Waals surface area (Å²) >= 11 is 0. The average molecular weight is 250 g/mol. The van der Waals surface area contributed by atoms with Crippen LogP contribution in [-0.4, -0.2) is 21.3 Å². The zero-order valence-corrected chi connectivity index (χ0v) is 10.7. The Bertz CT molecular complexity index is 478. The van der Waals surface area contributed by atoms with Gasteiger partial charge in [0, 0.05) is 13.1 Å². The molecule has 0 aliphatic heterocycles. The molecule has 0 spiro atoms. The second-order valence-corrected chi connectivity index (χ2v) is 3.92. The van der Waals surface area contributed by atoms with Crippen molar-refractivity contribution in [3.63, 3.8) is 0 Å². The first-order valence-corrected chi connectivity index (χ1v) is 6.17. The zero-order chi connectivity index (χ0) is 12.8. The Hall–Kier alpha value is -1.82. The van der Waals surface area contributed by atoms with Crippen molar-refractivity contribution in [2.24, 2.45) is 0 Å². The second kappa shape index (κ2) is 6.20. The number of ether oxygens (including phenoxy) is 1. The van der Waals surface area contributed by atoms with Gasteiger partial charge in [0.2, 0.25) is 0 Å². The Morgan fingerprint density at radius 1 is 1.44 bits per heavy atom. The van der Waals surface area contributed by atoms with E-state index in [2.05, 4.69) is 22.3 Å². The Morgan fingerprint density at radius 3 is 3.06 bits per heavy atom. The van der Waals surface area contributed by atoms with Gasteiger partial charge in [-0.1, -0.05) is 6.92 Å². The first-order valence-electron chi connectivity index (χ1n) is 6.17. The van der Waals surface area contributed by atoms with Gasteiger partial charge in [-0.25, -0.2) is 0 Å². The summed E-state index contributed by atoms with van der Waals surface area (Å²) in [5, 5.41) is 7.36. The largest absolute Gasteiger partial charge is 0.417 e. The van der Waals surface area contributed by atoms with Gasteiger partial charge in [-0.15, -0.1) is 0 Å². The van der Waals surface area contributed by atoms with Gasteiger partial charge in [0.15, 0.2) is 5.75 Å². The molecule has 0 saturated carbocycles. The number of oxazole rings is 1. The van der Waals surface area contributed by atoms with Crippen LogP contribution in [0.25, 0.3) is 0 Å². The van der Waals surface area contributed by atoms with Crippen LogP contribution in [0.1, 0.15) is 26.0 Å². The van der Waals surface area contributed by atoms with Crippen LogP contribution < -0.4 is 10.1 Å². The number of aromatic nitrogens is 3. The van der Waals surface area contributed by atoms with Crippen LogP contribution in [0, 0.1) is 0 Å². The molecule has 0 aliphatic rings. The predicted molar refractivity (Wildman–Crippen MR) is 66.5 cm³/mol. The van der Waals surface area contributed by atoms with Crippen molar-refractivity contribution in [2.75, 3.05) is 6.54 Å². The summed E-state index contributed by atoms with van der Waals surface area (Å²) in [6, 6.07) is 0. The number of hydrogen-bond donors (Lipinski definition) is 1. The van der Waals surface area contributed by atoms with Gasteiger partial charge in [-0.2, -0.15) is 10.1 Å². The highest BCUT2D eigenvalue weighted by atomic mass is 16.6. The van der Waals surface area contributed by atoms with Crippen molar-refractivity contribution in [3.8, 4) is 11.8 Å². The van der Waals surface area contributed by atoms with Gasteiger partial charge in [-0.3, -0.25) is 4.68 Å². The maximum Gasteiger partial charge on any atom is 0.399 e. The topological polar surface area (TPSA) is 65.1 Å². The SMILES string of the molecule is CCCNCc1coc(Oc2cnn(CC)c2)n1. The van der Waals surface area contributed by atoms with Crippen molar-refractivity contribution < 1.29 is 9.15 Å². The molecule has 0 radical (unpaired) electrons. The monoisotopic (exact) mass is 250 g/mol. The van der Waals surface area contributed by atoms with Gasteiger partial charge in [0.25, 0.3) is 0 Å². The van der Waals surface area contributed by atoms with E-state index in [0.717, 1.165) is 25.2 Å². The maximum absolute atomic E-state index is 5.46. The summed E-state index contributed by atoms with van der Waals surface area (Å²) in [7, 11) is 0. The number of rotatable bonds is 7. The first-order chi connectivity index (χ1) is 8.81. The maximum atomic E-state index is 5.46.